The zero-order chi connectivity index (χ0) is 20.0. The molecule has 0 heterocycles. The van der Waals surface area contributed by atoms with Crippen molar-refractivity contribution >= 4 is 22.2 Å². The predicted octanol–water partition coefficient (Wildman–Crippen LogP) is 3.53. The van der Waals surface area contributed by atoms with Gasteiger partial charge in [-0.05, 0) is 48.9 Å². The Kier molecular flexibility index (Phi) is 5.86. The number of esters is 1. The Morgan fingerprint density at radius 1 is 0.964 bits per heavy atom. The van der Waals surface area contributed by atoms with E-state index in [-0.39, 0.29) is 4.90 Å². The number of rotatable bonds is 6. The summed E-state index contributed by atoms with van der Waals surface area (Å²) in [5.41, 5.74) is 2.07. The maximum atomic E-state index is 12.2. The van der Waals surface area contributed by atoms with Crippen molar-refractivity contribution in [3.05, 3.63) is 95.6 Å². The van der Waals surface area contributed by atoms with Crippen LogP contribution in [0.4, 0.5) is 0 Å². The third-order valence-electron chi connectivity index (χ3n) is 3.80. The van der Waals surface area contributed by atoms with Gasteiger partial charge in [0.25, 0.3) is 10.0 Å². The Morgan fingerprint density at radius 2 is 1.68 bits per heavy atom. The second kappa shape index (κ2) is 8.49. The summed E-state index contributed by atoms with van der Waals surface area (Å²) in [5.74, 6) is -0.140. The van der Waals surface area contributed by atoms with Crippen molar-refractivity contribution in [1.82, 2.24) is 4.83 Å². The Balaban J connectivity index is 1.67. The van der Waals surface area contributed by atoms with E-state index in [1.54, 1.807) is 54.6 Å². The number of nitrogens with zero attached hydrogens (tertiary/aromatic N) is 1. The second-order valence-corrected chi connectivity index (χ2v) is 7.65. The standard InChI is InChI=1S/C21H18N2O4S/c1-16-10-12-18(13-11-16)21(24)27-19-7-5-6-17(14-19)15-22-23-28(25,26)20-8-3-2-4-9-20/h2-15,23H,1H3/b22-15+. The van der Waals surface area contributed by atoms with Crippen LogP contribution in [0.2, 0.25) is 0 Å². The van der Waals surface area contributed by atoms with Crippen molar-refractivity contribution in [3.8, 4) is 5.75 Å². The molecule has 3 aromatic carbocycles. The number of carbonyl (C=O) groups excluding carboxylic acids is 1. The van der Waals surface area contributed by atoms with E-state index in [2.05, 4.69) is 9.93 Å². The molecule has 28 heavy (non-hydrogen) atoms. The Labute approximate surface area is 163 Å². The average Bonchev–Trinajstić information content (AvgIpc) is 2.69. The third-order valence-corrected chi connectivity index (χ3v) is 5.03. The molecule has 0 saturated carbocycles. The maximum Gasteiger partial charge on any atom is 0.343 e. The highest BCUT2D eigenvalue weighted by atomic mass is 32.2. The van der Waals surface area contributed by atoms with Gasteiger partial charge in [-0.2, -0.15) is 13.5 Å². The van der Waals surface area contributed by atoms with Crippen LogP contribution in [0.25, 0.3) is 0 Å². The SMILES string of the molecule is Cc1ccc(C(=O)Oc2cccc(/C=N/NS(=O)(=O)c3ccccc3)c2)cc1. The van der Waals surface area contributed by atoms with Gasteiger partial charge >= 0.3 is 5.97 Å². The molecule has 6 nitrogen and oxygen atoms in total. The van der Waals surface area contributed by atoms with Crippen molar-refractivity contribution in [1.29, 1.82) is 0 Å². The van der Waals surface area contributed by atoms with Crippen LogP contribution in [0, 0.1) is 6.92 Å². The number of nitrogens with one attached hydrogen (secondary N) is 1. The van der Waals surface area contributed by atoms with E-state index >= 15 is 0 Å². The molecule has 0 fully saturated rings. The van der Waals surface area contributed by atoms with Crippen molar-refractivity contribution in [2.45, 2.75) is 11.8 Å². The van der Waals surface area contributed by atoms with Gasteiger partial charge in [0, 0.05) is 0 Å². The molecule has 0 bridgehead atoms. The highest BCUT2D eigenvalue weighted by molar-refractivity contribution is 7.89. The number of hydrogen-bond donors (Lipinski definition) is 1. The van der Waals surface area contributed by atoms with Crippen LogP contribution in [0.1, 0.15) is 21.5 Å². The van der Waals surface area contributed by atoms with E-state index < -0.39 is 16.0 Å². The molecule has 1 N–H and O–H groups in total. The summed E-state index contributed by atoms with van der Waals surface area (Å²) in [7, 11) is -3.73. The van der Waals surface area contributed by atoms with Gasteiger partial charge in [-0.1, -0.05) is 48.0 Å². The van der Waals surface area contributed by atoms with Crippen molar-refractivity contribution in [2.75, 3.05) is 0 Å². The predicted molar refractivity (Wildman–Crippen MR) is 107 cm³/mol. The van der Waals surface area contributed by atoms with E-state index in [9.17, 15) is 13.2 Å². The molecule has 142 valence electrons. The van der Waals surface area contributed by atoms with Gasteiger partial charge in [-0.15, -0.1) is 0 Å². The van der Waals surface area contributed by atoms with Crippen LogP contribution >= 0.6 is 0 Å². The van der Waals surface area contributed by atoms with Crippen LogP contribution < -0.4 is 9.57 Å². The Bertz CT molecular complexity index is 1090. The van der Waals surface area contributed by atoms with Crippen molar-refractivity contribution in [2.24, 2.45) is 5.10 Å². The summed E-state index contributed by atoms with van der Waals surface area (Å²) in [6.07, 6.45) is 1.34. The lowest BCUT2D eigenvalue weighted by atomic mass is 10.1. The molecule has 0 unspecified atom stereocenters. The largest absolute Gasteiger partial charge is 0.423 e. The molecule has 0 amide bonds. The summed E-state index contributed by atoms with van der Waals surface area (Å²) in [6, 6.07) is 21.6. The van der Waals surface area contributed by atoms with E-state index in [0.29, 0.717) is 16.9 Å². The lowest BCUT2D eigenvalue weighted by molar-refractivity contribution is 0.0735. The third kappa shape index (κ3) is 5.05. The monoisotopic (exact) mass is 394 g/mol. The Morgan fingerprint density at radius 3 is 2.39 bits per heavy atom. The highest BCUT2D eigenvalue weighted by Gasteiger charge is 2.11. The average molecular weight is 394 g/mol. The molecular weight excluding hydrogens is 376 g/mol. The van der Waals surface area contributed by atoms with Gasteiger partial charge in [0.1, 0.15) is 5.75 Å². The first-order chi connectivity index (χ1) is 13.4. The van der Waals surface area contributed by atoms with Gasteiger partial charge in [-0.25, -0.2) is 9.63 Å². The minimum absolute atomic E-state index is 0.118. The van der Waals surface area contributed by atoms with Crippen molar-refractivity contribution < 1.29 is 17.9 Å². The number of aryl methyl sites for hydroxylation is 1. The van der Waals surface area contributed by atoms with E-state index in [1.165, 1.54) is 18.3 Å². The number of hydrazone groups is 1. The summed E-state index contributed by atoms with van der Waals surface area (Å²) in [6.45, 7) is 1.93. The molecule has 0 saturated heterocycles. The minimum Gasteiger partial charge on any atom is -0.423 e. The molecule has 7 heteroatoms. The Hall–Kier alpha value is -3.45. The van der Waals surface area contributed by atoms with Gasteiger partial charge < -0.3 is 4.74 Å². The van der Waals surface area contributed by atoms with Crippen molar-refractivity contribution in [3.63, 3.8) is 0 Å². The van der Waals surface area contributed by atoms with Gasteiger partial charge in [0.15, 0.2) is 0 Å². The topological polar surface area (TPSA) is 84.8 Å². The zero-order valence-corrected chi connectivity index (χ0v) is 15.9. The fourth-order valence-corrected chi connectivity index (χ4v) is 3.15. The summed E-state index contributed by atoms with van der Waals surface area (Å²) >= 11 is 0. The maximum absolute atomic E-state index is 12.2. The number of sulfonamides is 1. The number of benzene rings is 3. The molecule has 3 rings (SSSR count). The second-order valence-electron chi connectivity index (χ2n) is 5.99. The molecule has 0 aliphatic rings. The van der Waals surface area contributed by atoms with Crippen LogP contribution in [-0.4, -0.2) is 20.6 Å². The van der Waals surface area contributed by atoms with Crippen LogP contribution in [0.15, 0.2) is 88.9 Å². The minimum atomic E-state index is -3.73. The zero-order valence-electron chi connectivity index (χ0n) is 15.1. The van der Waals surface area contributed by atoms with Crippen LogP contribution in [0.3, 0.4) is 0 Å². The van der Waals surface area contributed by atoms with E-state index in [0.717, 1.165) is 5.56 Å². The van der Waals surface area contributed by atoms with Crippen LogP contribution in [-0.2, 0) is 10.0 Å². The fraction of sp³-hybridized carbons (Fsp3) is 0.0476. The molecular formula is C21H18N2O4S. The fourth-order valence-electron chi connectivity index (χ4n) is 2.34. The summed E-state index contributed by atoms with van der Waals surface area (Å²) < 4.78 is 29.6. The number of hydrogen-bond acceptors (Lipinski definition) is 5. The summed E-state index contributed by atoms with van der Waals surface area (Å²) in [5, 5.41) is 3.77. The normalized spacial score (nSPS) is 11.3. The molecule has 0 radical (unpaired) electrons. The summed E-state index contributed by atoms with van der Waals surface area (Å²) in [4.78, 5) is 14.5. The first-order valence-electron chi connectivity index (χ1n) is 8.43. The van der Waals surface area contributed by atoms with E-state index in [1.807, 2.05) is 19.1 Å². The van der Waals surface area contributed by atoms with Gasteiger partial charge in [0.2, 0.25) is 0 Å². The number of carbonyl (C=O) groups is 1. The smallest absolute Gasteiger partial charge is 0.343 e. The highest BCUT2D eigenvalue weighted by Crippen LogP contribution is 2.15. The molecule has 0 aliphatic carbocycles. The molecule has 0 aliphatic heterocycles. The van der Waals surface area contributed by atoms with Crippen LogP contribution in [0.5, 0.6) is 5.75 Å². The first kappa shape index (κ1) is 19.3. The molecule has 0 spiro atoms. The molecule has 0 aromatic heterocycles. The molecule has 0 atom stereocenters. The number of ether oxygens (including phenoxy) is 1. The quantitative estimate of drug-likeness (QED) is 0.300. The van der Waals surface area contributed by atoms with Gasteiger partial charge in [-0.3, -0.25) is 0 Å². The first-order valence-corrected chi connectivity index (χ1v) is 9.91. The lowest BCUT2D eigenvalue weighted by Gasteiger charge is -2.06. The van der Waals surface area contributed by atoms with Gasteiger partial charge in [0.05, 0.1) is 16.7 Å². The molecule has 3 aromatic rings. The van der Waals surface area contributed by atoms with E-state index in [4.69, 9.17) is 4.74 Å². The lowest BCUT2D eigenvalue weighted by Crippen LogP contribution is -2.18.